The third kappa shape index (κ3) is 5.97. The van der Waals surface area contributed by atoms with Crippen LogP contribution in [0.1, 0.15) is 55.8 Å². The number of aliphatic hydroxyl groups excluding tert-OH is 1. The predicted octanol–water partition coefficient (Wildman–Crippen LogP) is 5.01. The van der Waals surface area contributed by atoms with Crippen molar-refractivity contribution in [2.24, 2.45) is 0 Å². The van der Waals surface area contributed by atoms with Gasteiger partial charge in [-0.25, -0.2) is 0 Å². The van der Waals surface area contributed by atoms with Crippen molar-refractivity contribution >= 4 is 11.4 Å². The highest BCUT2D eigenvalue weighted by molar-refractivity contribution is 5.51. The molecule has 158 valence electrons. The average molecular weight is 397 g/mol. The van der Waals surface area contributed by atoms with E-state index in [0.29, 0.717) is 0 Å². The molecule has 4 heteroatoms. The summed E-state index contributed by atoms with van der Waals surface area (Å²) in [5, 5.41) is 10.8. The van der Waals surface area contributed by atoms with E-state index in [-0.39, 0.29) is 0 Å². The van der Waals surface area contributed by atoms with E-state index in [0.717, 1.165) is 37.3 Å². The van der Waals surface area contributed by atoms with Crippen molar-refractivity contribution in [2.45, 2.75) is 44.6 Å². The molecule has 0 spiro atoms. The molecule has 0 aromatic heterocycles. The fraction of sp³-hybridized carbons (Fsp3) is 0.520. The van der Waals surface area contributed by atoms with Gasteiger partial charge in [0.05, 0.1) is 0 Å². The maximum absolute atomic E-state index is 10.8. The van der Waals surface area contributed by atoms with Gasteiger partial charge in [0.15, 0.2) is 0 Å². The Bertz CT molecular complexity index is 641. The van der Waals surface area contributed by atoms with Gasteiger partial charge < -0.3 is 19.6 Å². The molecule has 0 atom stereocenters. The molecule has 2 aliphatic rings. The minimum absolute atomic E-state index is 0.555. The third-order valence-corrected chi connectivity index (χ3v) is 5.86. The quantitative estimate of drug-likeness (QED) is 0.788. The minimum Gasteiger partial charge on any atom is -0.388 e. The first kappa shape index (κ1) is 21.7. The number of piperidine rings is 2. The molecule has 1 N–H and O–H groups in total. The summed E-state index contributed by atoms with van der Waals surface area (Å²) in [5.41, 5.74) is 4.50. The van der Waals surface area contributed by atoms with Gasteiger partial charge in [-0.15, -0.1) is 0 Å². The van der Waals surface area contributed by atoms with Crippen LogP contribution in [0.3, 0.4) is 0 Å². The van der Waals surface area contributed by atoms with Crippen LogP contribution < -0.4 is 9.80 Å². The molecular formula is C25H36N2O2. The summed E-state index contributed by atoms with van der Waals surface area (Å²) < 4.78 is 4.25. The fourth-order valence-electron chi connectivity index (χ4n) is 4.23. The number of ether oxygens (including phenoxy) is 1. The number of hydrogen-bond acceptors (Lipinski definition) is 4. The summed E-state index contributed by atoms with van der Waals surface area (Å²) in [4.78, 5) is 4.90. The summed E-state index contributed by atoms with van der Waals surface area (Å²) in [6, 6.07) is 16.9. The third-order valence-electron chi connectivity index (χ3n) is 5.86. The normalized spacial score (nSPS) is 17.1. The van der Waals surface area contributed by atoms with Crippen LogP contribution in [0.4, 0.5) is 11.4 Å². The average Bonchev–Trinajstić information content (AvgIpc) is 2.80. The maximum Gasteiger partial charge on any atom is 0.104 e. The Morgan fingerprint density at radius 3 is 1.24 bits per heavy atom. The molecule has 2 aromatic rings. The molecule has 2 aromatic carbocycles. The summed E-state index contributed by atoms with van der Waals surface area (Å²) in [6.07, 6.45) is 7.28. The van der Waals surface area contributed by atoms with Crippen LogP contribution in [0.5, 0.6) is 0 Å². The van der Waals surface area contributed by atoms with E-state index in [4.69, 9.17) is 0 Å². The zero-order chi connectivity index (χ0) is 20.5. The van der Waals surface area contributed by atoms with Gasteiger partial charge in [-0.2, -0.15) is 0 Å². The van der Waals surface area contributed by atoms with Crippen molar-refractivity contribution in [1.29, 1.82) is 0 Å². The number of aliphatic hydroxyl groups is 1. The molecule has 0 radical (unpaired) electrons. The van der Waals surface area contributed by atoms with Gasteiger partial charge in [-0.1, -0.05) is 24.3 Å². The van der Waals surface area contributed by atoms with Crippen LogP contribution in [0, 0.1) is 0 Å². The lowest BCUT2D eigenvalue weighted by atomic mass is 10.00. The molecule has 29 heavy (non-hydrogen) atoms. The molecule has 2 fully saturated rings. The van der Waals surface area contributed by atoms with E-state index in [2.05, 4.69) is 63.1 Å². The zero-order valence-electron chi connectivity index (χ0n) is 18.0. The molecule has 4 nitrogen and oxygen atoms in total. The molecule has 0 bridgehead atoms. The number of methoxy groups -OCH3 is 1. The molecule has 2 saturated heterocycles. The number of benzene rings is 2. The maximum atomic E-state index is 10.8. The van der Waals surface area contributed by atoms with Gasteiger partial charge in [0, 0.05) is 51.8 Å². The van der Waals surface area contributed by atoms with E-state index in [9.17, 15) is 5.11 Å². The molecule has 0 unspecified atom stereocenters. The van der Waals surface area contributed by atoms with E-state index in [1.54, 1.807) is 14.2 Å². The van der Waals surface area contributed by atoms with Crippen molar-refractivity contribution in [2.75, 3.05) is 50.2 Å². The van der Waals surface area contributed by atoms with Gasteiger partial charge in [0.1, 0.15) is 6.10 Å². The van der Waals surface area contributed by atoms with Gasteiger partial charge in [-0.05, 0) is 73.9 Å². The van der Waals surface area contributed by atoms with E-state index in [1.165, 1.54) is 49.9 Å². The highest BCUT2D eigenvalue weighted by Crippen LogP contribution is 2.28. The van der Waals surface area contributed by atoms with Gasteiger partial charge in [0.25, 0.3) is 0 Å². The summed E-state index contributed by atoms with van der Waals surface area (Å²) in [6.45, 7) is 4.61. The number of anilines is 2. The Hall–Kier alpha value is -2.04. The summed E-state index contributed by atoms with van der Waals surface area (Å²) in [7, 11) is 3.25. The smallest absolute Gasteiger partial charge is 0.104 e. The second-order valence-corrected chi connectivity index (χ2v) is 8.09. The topological polar surface area (TPSA) is 35.9 Å². The van der Waals surface area contributed by atoms with Crippen LogP contribution in [0.25, 0.3) is 0 Å². The second kappa shape index (κ2) is 11.2. The number of nitrogens with zero attached hydrogens (tertiary/aromatic N) is 2. The fourth-order valence-corrected chi connectivity index (χ4v) is 4.23. The van der Waals surface area contributed by atoms with Gasteiger partial charge in [-0.3, -0.25) is 0 Å². The molecule has 2 aliphatic heterocycles. The van der Waals surface area contributed by atoms with Crippen LogP contribution >= 0.6 is 0 Å². The molecule has 4 rings (SSSR count). The van der Waals surface area contributed by atoms with Crippen molar-refractivity contribution < 1.29 is 9.84 Å². The van der Waals surface area contributed by atoms with Crippen molar-refractivity contribution in [3.63, 3.8) is 0 Å². The molecular weight excluding hydrogens is 360 g/mol. The monoisotopic (exact) mass is 396 g/mol. The number of hydrogen-bond donors (Lipinski definition) is 1. The Labute approximate surface area is 176 Å². The van der Waals surface area contributed by atoms with Crippen LogP contribution in [-0.2, 0) is 4.74 Å². The van der Waals surface area contributed by atoms with Crippen LogP contribution in [0.2, 0.25) is 0 Å². The lowest BCUT2D eigenvalue weighted by Crippen LogP contribution is -2.29. The zero-order valence-corrected chi connectivity index (χ0v) is 18.0. The minimum atomic E-state index is -0.555. The highest BCUT2D eigenvalue weighted by Gasteiger charge is 2.15. The first-order valence-electron chi connectivity index (χ1n) is 11.0. The molecule has 0 amide bonds. The van der Waals surface area contributed by atoms with E-state index >= 15 is 0 Å². The largest absolute Gasteiger partial charge is 0.388 e. The first-order chi connectivity index (χ1) is 14.2. The first-order valence-corrected chi connectivity index (χ1v) is 11.0. The standard InChI is InChI=1S/C23H30N2O.C2H6O/c26-23(19-7-11-21(12-8-19)24-15-3-1-4-16-24)20-9-13-22(14-10-20)25-17-5-2-6-18-25;1-3-2/h7-14,23,26H,1-6,15-18H2;1-2H3. The summed E-state index contributed by atoms with van der Waals surface area (Å²) in [5.74, 6) is 0. The van der Waals surface area contributed by atoms with Gasteiger partial charge in [0.2, 0.25) is 0 Å². The molecule has 0 aliphatic carbocycles. The van der Waals surface area contributed by atoms with Gasteiger partial charge >= 0.3 is 0 Å². The van der Waals surface area contributed by atoms with Crippen molar-refractivity contribution in [3.8, 4) is 0 Å². The van der Waals surface area contributed by atoms with E-state index in [1.807, 2.05) is 0 Å². The Balaban J connectivity index is 0.000000755. The highest BCUT2D eigenvalue weighted by atomic mass is 16.4. The van der Waals surface area contributed by atoms with Crippen molar-refractivity contribution in [1.82, 2.24) is 0 Å². The molecule has 2 heterocycles. The molecule has 0 saturated carbocycles. The van der Waals surface area contributed by atoms with Crippen LogP contribution in [0.15, 0.2) is 48.5 Å². The second-order valence-electron chi connectivity index (χ2n) is 8.09. The Kier molecular flexibility index (Phi) is 8.38. The lowest BCUT2D eigenvalue weighted by Gasteiger charge is -2.29. The Morgan fingerprint density at radius 1 is 0.621 bits per heavy atom. The van der Waals surface area contributed by atoms with E-state index < -0.39 is 6.10 Å². The number of rotatable bonds is 4. The van der Waals surface area contributed by atoms with Crippen molar-refractivity contribution in [3.05, 3.63) is 59.7 Å². The van der Waals surface area contributed by atoms with Crippen LogP contribution in [-0.4, -0.2) is 45.5 Å². The summed E-state index contributed by atoms with van der Waals surface area (Å²) >= 11 is 0. The lowest BCUT2D eigenvalue weighted by molar-refractivity contribution is 0.220. The predicted molar refractivity (Wildman–Crippen MR) is 122 cm³/mol. The Morgan fingerprint density at radius 2 is 0.931 bits per heavy atom. The SMILES string of the molecule is COC.OC(c1ccc(N2CCCCC2)cc1)c1ccc(N2CCCCC2)cc1.